The number of hydrogen-bond donors (Lipinski definition) is 0. The van der Waals surface area contributed by atoms with Crippen LogP contribution in [-0.2, 0) is 0 Å². The first-order chi connectivity index (χ1) is 7.83. The molecule has 0 saturated carbocycles. The van der Waals surface area contributed by atoms with E-state index in [2.05, 4.69) is 18.8 Å². The first kappa shape index (κ1) is 13.1. The van der Waals surface area contributed by atoms with Gasteiger partial charge in [-0.25, -0.2) is 0 Å². The lowest BCUT2D eigenvalue weighted by atomic mass is 10.1. The highest BCUT2D eigenvalue weighted by atomic mass is 35.5. The highest BCUT2D eigenvalue weighted by molar-refractivity contribution is 6.30. The highest BCUT2D eigenvalue weighted by Gasteiger charge is 1.89. The fourth-order valence-corrected chi connectivity index (χ4v) is 1.74. The molecule has 0 unspecified atom stereocenters. The van der Waals surface area contributed by atoms with Crippen molar-refractivity contribution in [2.45, 2.75) is 45.4 Å². The van der Waals surface area contributed by atoms with E-state index >= 15 is 0 Å². The fourth-order valence-electron chi connectivity index (χ4n) is 1.55. The van der Waals surface area contributed by atoms with Crippen molar-refractivity contribution in [3.8, 4) is 11.8 Å². The molecule has 0 fully saturated rings. The van der Waals surface area contributed by atoms with Crippen molar-refractivity contribution in [3.63, 3.8) is 0 Å². The topological polar surface area (TPSA) is 0 Å². The Labute approximate surface area is 104 Å². The molecule has 86 valence electrons. The normalized spacial score (nSPS) is 9.62. The van der Waals surface area contributed by atoms with Crippen molar-refractivity contribution < 1.29 is 0 Å². The fraction of sp³-hybridized carbons (Fsp3) is 0.467. The summed E-state index contributed by atoms with van der Waals surface area (Å²) in [5, 5.41) is 0.759. The maximum atomic E-state index is 5.87. The Balaban J connectivity index is 2.22. The van der Waals surface area contributed by atoms with Gasteiger partial charge in [0.1, 0.15) is 0 Å². The van der Waals surface area contributed by atoms with Crippen LogP contribution >= 0.6 is 11.6 Å². The monoisotopic (exact) mass is 234 g/mol. The third kappa shape index (κ3) is 5.83. The highest BCUT2D eigenvalue weighted by Crippen LogP contribution is 2.09. The SMILES string of the molecule is CCCCCCCC#Cc1cccc(Cl)c1. The first-order valence-electron chi connectivity index (χ1n) is 6.07. The van der Waals surface area contributed by atoms with Crippen molar-refractivity contribution in [1.82, 2.24) is 0 Å². The molecule has 0 radical (unpaired) electrons. The van der Waals surface area contributed by atoms with Crippen molar-refractivity contribution in [2.24, 2.45) is 0 Å². The largest absolute Gasteiger partial charge is 0.0979 e. The van der Waals surface area contributed by atoms with Gasteiger partial charge in [0.15, 0.2) is 0 Å². The van der Waals surface area contributed by atoms with Crippen LogP contribution in [0, 0.1) is 11.8 Å². The second-order valence-corrected chi connectivity index (χ2v) is 4.41. The second kappa shape index (κ2) is 8.25. The molecule has 0 nitrogen and oxygen atoms in total. The summed E-state index contributed by atoms with van der Waals surface area (Å²) in [6.45, 7) is 2.24. The van der Waals surface area contributed by atoms with Gasteiger partial charge in [0, 0.05) is 17.0 Å². The number of unbranched alkanes of at least 4 members (excludes halogenated alkanes) is 5. The summed E-state index contributed by atoms with van der Waals surface area (Å²) < 4.78 is 0. The molecule has 0 spiro atoms. The second-order valence-electron chi connectivity index (χ2n) is 3.98. The Hall–Kier alpha value is -0.930. The van der Waals surface area contributed by atoms with E-state index in [-0.39, 0.29) is 0 Å². The molecule has 1 heteroatoms. The molecule has 1 rings (SSSR count). The molecule has 0 atom stereocenters. The average Bonchev–Trinajstić information content (AvgIpc) is 2.28. The minimum Gasteiger partial charge on any atom is -0.0979 e. The van der Waals surface area contributed by atoms with Crippen LogP contribution in [-0.4, -0.2) is 0 Å². The van der Waals surface area contributed by atoms with Gasteiger partial charge in [0.2, 0.25) is 0 Å². The summed E-state index contributed by atoms with van der Waals surface area (Å²) in [5.41, 5.74) is 1.01. The molecule has 1 aromatic rings. The lowest BCUT2D eigenvalue weighted by Gasteiger charge is -1.94. The zero-order valence-electron chi connectivity index (χ0n) is 9.93. The minimum atomic E-state index is 0.759. The maximum Gasteiger partial charge on any atom is 0.0418 e. The predicted molar refractivity (Wildman–Crippen MR) is 71.7 cm³/mol. The van der Waals surface area contributed by atoms with Crippen molar-refractivity contribution in [2.75, 3.05) is 0 Å². The van der Waals surface area contributed by atoms with E-state index in [9.17, 15) is 0 Å². The van der Waals surface area contributed by atoms with Crippen LogP contribution in [0.15, 0.2) is 24.3 Å². The quantitative estimate of drug-likeness (QED) is 0.494. The van der Waals surface area contributed by atoms with Crippen LogP contribution in [0.5, 0.6) is 0 Å². The van der Waals surface area contributed by atoms with Gasteiger partial charge in [-0.2, -0.15) is 0 Å². The van der Waals surface area contributed by atoms with Gasteiger partial charge >= 0.3 is 0 Å². The molecular weight excluding hydrogens is 216 g/mol. The van der Waals surface area contributed by atoms with Gasteiger partial charge in [-0.1, -0.05) is 62.1 Å². The van der Waals surface area contributed by atoms with Gasteiger partial charge in [-0.3, -0.25) is 0 Å². The van der Waals surface area contributed by atoms with E-state index in [4.69, 9.17) is 11.6 Å². The third-order valence-corrected chi connectivity index (χ3v) is 2.70. The van der Waals surface area contributed by atoms with Gasteiger partial charge in [-0.05, 0) is 24.6 Å². The zero-order valence-corrected chi connectivity index (χ0v) is 10.7. The molecule has 0 saturated heterocycles. The van der Waals surface area contributed by atoms with E-state index in [1.165, 1.54) is 32.1 Å². The van der Waals surface area contributed by atoms with E-state index < -0.39 is 0 Å². The predicted octanol–water partition coefficient (Wildman–Crippen LogP) is 5.05. The Morgan fingerprint density at radius 3 is 2.69 bits per heavy atom. The summed E-state index contributed by atoms with van der Waals surface area (Å²) in [4.78, 5) is 0. The van der Waals surface area contributed by atoms with Crippen LogP contribution in [0.1, 0.15) is 51.0 Å². The lowest BCUT2D eigenvalue weighted by Crippen LogP contribution is -1.77. The Morgan fingerprint density at radius 2 is 1.94 bits per heavy atom. The van der Waals surface area contributed by atoms with Crippen LogP contribution < -0.4 is 0 Å². The number of halogens is 1. The average molecular weight is 235 g/mol. The molecule has 0 aliphatic carbocycles. The molecule has 0 aliphatic rings. The maximum absolute atomic E-state index is 5.87. The van der Waals surface area contributed by atoms with Crippen molar-refractivity contribution in [1.29, 1.82) is 0 Å². The van der Waals surface area contributed by atoms with Gasteiger partial charge < -0.3 is 0 Å². The molecule has 16 heavy (non-hydrogen) atoms. The van der Waals surface area contributed by atoms with Crippen LogP contribution in [0.4, 0.5) is 0 Å². The third-order valence-electron chi connectivity index (χ3n) is 2.46. The van der Waals surface area contributed by atoms with Crippen LogP contribution in [0.25, 0.3) is 0 Å². The Kier molecular flexibility index (Phi) is 6.77. The van der Waals surface area contributed by atoms with E-state index in [0.717, 1.165) is 17.0 Å². The molecule has 0 heterocycles. The molecule has 0 aromatic heterocycles. The molecule has 0 N–H and O–H groups in total. The van der Waals surface area contributed by atoms with Crippen molar-refractivity contribution >= 4 is 11.6 Å². The number of benzene rings is 1. The van der Waals surface area contributed by atoms with Gasteiger partial charge in [-0.15, -0.1) is 0 Å². The Morgan fingerprint density at radius 1 is 1.12 bits per heavy atom. The first-order valence-corrected chi connectivity index (χ1v) is 6.45. The molecule has 0 aliphatic heterocycles. The summed E-state index contributed by atoms with van der Waals surface area (Å²) in [6, 6.07) is 7.71. The standard InChI is InChI=1S/C15H19Cl/c1-2-3-4-5-6-7-8-10-14-11-9-12-15(16)13-14/h9,11-13H,2-7H2,1H3. The van der Waals surface area contributed by atoms with Crippen LogP contribution in [0.3, 0.4) is 0 Å². The van der Waals surface area contributed by atoms with Crippen molar-refractivity contribution in [3.05, 3.63) is 34.9 Å². The molecule has 0 amide bonds. The van der Waals surface area contributed by atoms with Gasteiger partial charge in [0.05, 0.1) is 0 Å². The lowest BCUT2D eigenvalue weighted by molar-refractivity contribution is 0.641. The van der Waals surface area contributed by atoms with E-state index in [1.54, 1.807) is 0 Å². The summed E-state index contributed by atoms with van der Waals surface area (Å²) in [6.07, 6.45) is 7.51. The van der Waals surface area contributed by atoms with E-state index in [1.807, 2.05) is 24.3 Å². The summed E-state index contributed by atoms with van der Waals surface area (Å²) >= 11 is 5.87. The zero-order chi connectivity index (χ0) is 11.6. The molecule has 1 aromatic carbocycles. The smallest absolute Gasteiger partial charge is 0.0418 e. The molecule has 0 bridgehead atoms. The number of rotatable bonds is 5. The number of hydrogen-bond acceptors (Lipinski definition) is 0. The summed E-state index contributed by atoms with van der Waals surface area (Å²) in [7, 11) is 0. The summed E-state index contributed by atoms with van der Waals surface area (Å²) in [5.74, 6) is 6.34. The van der Waals surface area contributed by atoms with Gasteiger partial charge in [0.25, 0.3) is 0 Å². The molecular formula is C15H19Cl. The minimum absolute atomic E-state index is 0.759. The van der Waals surface area contributed by atoms with E-state index in [0.29, 0.717) is 0 Å². The Bertz CT molecular complexity index is 357. The van der Waals surface area contributed by atoms with Crippen LogP contribution in [0.2, 0.25) is 5.02 Å².